The maximum absolute atomic E-state index is 14.5. The van der Waals surface area contributed by atoms with Crippen LogP contribution in [0.2, 0.25) is 0 Å². The van der Waals surface area contributed by atoms with E-state index >= 15 is 0 Å². The van der Waals surface area contributed by atoms with Crippen LogP contribution in [0.5, 0.6) is 0 Å². The first-order valence-corrected chi connectivity index (χ1v) is 6.13. The average molecular weight is 329 g/mol. The Morgan fingerprint density at radius 3 is 2.61 bits per heavy atom. The van der Waals surface area contributed by atoms with Gasteiger partial charge in [0, 0.05) is 5.56 Å². The molecule has 0 radical (unpaired) electrons. The largest absolute Gasteiger partial charge is 0.471 e. The van der Waals surface area contributed by atoms with Gasteiger partial charge in [0.05, 0.1) is 5.56 Å². The maximum Gasteiger partial charge on any atom is 0.471 e. The quantitative estimate of drug-likeness (QED) is 0.744. The highest BCUT2D eigenvalue weighted by Crippen LogP contribution is 2.32. The maximum atomic E-state index is 14.5. The molecule has 2 heterocycles. The summed E-state index contributed by atoms with van der Waals surface area (Å²) in [6, 6.07) is 3.75. The molecule has 120 valence electrons. The molecule has 1 aromatic carbocycles. The van der Waals surface area contributed by atoms with Crippen molar-refractivity contribution in [2.24, 2.45) is 0 Å². The molecule has 6 nitrogen and oxygen atoms in total. The minimum atomic E-state index is -4.83. The minimum absolute atomic E-state index is 0.0464. The Hall–Kier alpha value is -2.75. The van der Waals surface area contributed by atoms with E-state index in [-0.39, 0.29) is 16.8 Å². The van der Waals surface area contributed by atoms with Crippen LogP contribution in [0, 0.1) is 5.82 Å². The van der Waals surface area contributed by atoms with Gasteiger partial charge in [0.1, 0.15) is 23.9 Å². The molecular weight excluding hydrogens is 322 g/mol. The van der Waals surface area contributed by atoms with Crippen molar-refractivity contribution in [3.05, 3.63) is 53.8 Å². The smallest absolute Gasteiger partial charge is 0.451 e. The van der Waals surface area contributed by atoms with Crippen molar-refractivity contribution in [3.8, 4) is 11.4 Å². The molecular formula is C13H7F4N3O3. The second kappa shape index (κ2) is 5.47. The normalized spacial score (nSPS) is 13.3. The lowest BCUT2D eigenvalue weighted by atomic mass is 10.0. The molecule has 0 aliphatic rings. The lowest BCUT2D eigenvalue weighted by molar-refractivity contribution is -0.159. The van der Waals surface area contributed by atoms with Crippen LogP contribution in [0.3, 0.4) is 0 Å². The fourth-order valence-electron chi connectivity index (χ4n) is 1.90. The molecule has 0 aliphatic carbocycles. The van der Waals surface area contributed by atoms with Crippen molar-refractivity contribution in [2.75, 3.05) is 0 Å². The monoisotopic (exact) mass is 329 g/mol. The van der Waals surface area contributed by atoms with Gasteiger partial charge in [-0.05, 0) is 6.07 Å². The molecule has 0 aliphatic heterocycles. The third-order valence-corrected chi connectivity index (χ3v) is 2.96. The Balaban J connectivity index is 2.02. The van der Waals surface area contributed by atoms with Gasteiger partial charge in [0.2, 0.25) is 5.82 Å². The number of halogens is 4. The number of hydrogen-bond acceptors (Lipinski definition) is 6. The lowest BCUT2D eigenvalue weighted by Crippen LogP contribution is -2.06. The van der Waals surface area contributed by atoms with Crippen molar-refractivity contribution in [3.63, 3.8) is 0 Å². The molecule has 0 saturated heterocycles. The minimum Gasteiger partial charge on any atom is -0.451 e. The van der Waals surface area contributed by atoms with Crippen molar-refractivity contribution in [1.29, 1.82) is 0 Å². The summed E-state index contributed by atoms with van der Waals surface area (Å²) in [5.41, 5.74) is -0.510. The van der Waals surface area contributed by atoms with Crippen LogP contribution in [0.15, 0.2) is 39.8 Å². The van der Waals surface area contributed by atoms with Crippen LogP contribution in [0.4, 0.5) is 17.6 Å². The van der Waals surface area contributed by atoms with E-state index in [2.05, 4.69) is 19.6 Å². The number of rotatable bonds is 3. The predicted molar refractivity (Wildman–Crippen MR) is 65.3 cm³/mol. The Labute approximate surface area is 125 Å². The van der Waals surface area contributed by atoms with E-state index in [1.54, 1.807) is 0 Å². The second-order valence-corrected chi connectivity index (χ2v) is 4.45. The van der Waals surface area contributed by atoms with E-state index in [0.29, 0.717) is 0 Å². The molecule has 0 spiro atoms. The standard InChI is InChI=1S/C13H7F4N3O3/c14-9-6(10(21)8-4-22-5-18-8)2-1-3-7(9)11-19-12(23-20-11)13(15,16)17/h1-5,10,21H. The van der Waals surface area contributed by atoms with Crippen molar-refractivity contribution >= 4 is 0 Å². The summed E-state index contributed by atoms with van der Waals surface area (Å²) >= 11 is 0. The van der Waals surface area contributed by atoms with E-state index in [1.165, 1.54) is 18.2 Å². The number of benzene rings is 1. The van der Waals surface area contributed by atoms with Gasteiger partial charge in [-0.2, -0.15) is 18.2 Å². The van der Waals surface area contributed by atoms with E-state index in [1.807, 2.05) is 0 Å². The number of hydrogen-bond donors (Lipinski definition) is 1. The zero-order valence-corrected chi connectivity index (χ0v) is 11.1. The van der Waals surface area contributed by atoms with Crippen LogP contribution in [-0.2, 0) is 6.18 Å². The first-order valence-electron chi connectivity index (χ1n) is 6.13. The van der Waals surface area contributed by atoms with Crippen LogP contribution in [0.1, 0.15) is 23.3 Å². The molecule has 10 heteroatoms. The summed E-state index contributed by atoms with van der Waals surface area (Å²) in [4.78, 5) is 6.81. The summed E-state index contributed by atoms with van der Waals surface area (Å²) in [7, 11) is 0. The number of aromatic nitrogens is 3. The number of aliphatic hydroxyl groups excluding tert-OH is 1. The fraction of sp³-hybridized carbons (Fsp3) is 0.154. The van der Waals surface area contributed by atoms with Gasteiger partial charge in [-0.1, -0.05) is 17.3 Å². The third-order valence-electron chi connectivity index (χ3n) is 2.96. The van der Waals surface area contributed by atoms with Gasteiger partial charge < -0.3 is 14.0 Å². The van der Waals surface area contributed by atoms with E-state index in [4.69, 9.17) is 4.42 Å². The number of alkyl halides is 3. The zero-order chi connectivity index (χ0) is 16.6. The summed E-state index contributed by atoms with van der Waals surface area (Å²) in [5, 5.41) is 13.2. The topological polar surface area (TPSA) is 85.2 Å². The molecule has 0 bridgehead atoms. The van der Waals surface area contributed by atoms with E-state index < -0.39 is 29.8 Å². The van der Waals surface area contributed by atoms with Crippen LogP contribution < -0.4 is 0 Å². The highest BCUT2D eigenvalue weighted by Gasteiger charge is 2.38. The van der Waals surface area contributed by atoms with E-state index in [0.717, 1.165) is 12.7 Å². The number of aliphatic hydroxyl groups is 1. The highest BCUT2D eigenvalue weighted by molar-refractivity contribution is 5.57. The SMILES string of the molecule is OC(c1cocn1)c1cccc(-c2noc(C(F)(F)F)n2)c1F. The van der Waals surface area contributed by atoms with Gasteiger partial charge in [-0.15, -0.1) is 0 Å². The van der Waals surface area contributed by atoms with Crippen molar-refractivity contribution in [2.45, 2.75) is 12.3 Å². The summed E-state index contributed by atoms with van der Waals surface area (Å²) in [5.74, 6) is -3.16. The molecule has 1 N–H and O–H groups in total. The molecule has 3 aromatic rings. The molecule has 3 rings (SSSR count). The predicted octanol–water partition coefficient (Wildman–Crippen LogP) is 2.96. The Bertz CT molecular complexity index is 814. The van der Waals surface area contributed by atoms with Gasteiger partial charge >= 0.3 is 12.1 Å². The van der Waals surface area contributed by atoms with Gasteiger partial charge in [0.25, 0.3) is 0 Å². The molecule has 23 heavy (non-hydrogen) atoms. The first-order chi connectivity index (χ1) is 10.9. The zero-order valence-electron chi connectivity index (χ0n) is 11.1. The molecule has 0 fully saturated rings. The van der Waals surface area contributed by atoms with Gasteiger partial charge in [-0.3, -0.25) is 0 Å². The van der Waals surface area contributed by atoms with Crippen molar-refractivity contribution in [1.82, 2.24) is 15.1 Å². The third kappa shape index (κ3) is 2.80. The second-order valence-electron chi connectivity index (χ2n) is 4.45. The molecule has 1 atom stereocenters. The van der Waals surface area contributed by atoms with Crippen LogP contribution in [0.25, 0.3) is 11.4 Å². The Kier molecular flexibility index (Phi) is 3.60. The summed E-state index contributed by atoms with van der Waals surface area (Å²) < 4.78 is 60.6. The summed E-state index contributed by atoms with van der Waals surface area (Å²) in [6.07, 6.45) is -4.12. The Morgan fingerprint density at radius 2 is 2.00 bits per heavy atom. The molecule has 0 saturated carbocycles. The van der Waals surface area contributed by atoms with E-state index in [9.17, 15) is 22.7 Å². The first kappa shape index (κ1) is 15.2. The Morgan fingerprint density at radius 1 is 1.22 bits per heavy atom. The number of nitrogens with zero attached hydrogens (tertiary/aromatic N) is 3. The van der Waals surface area contributed by atoms with Crippen LogP contribution >= 0.6 is 0 Å². The van der Waals surface area contributed by atoms with Crippen molar-refractivity contribution < 1.29 is 31.6 Å². The number of oxazole rings is 1. The highest BCUT2D eigenvalue weighted by atomic mass is 19.4. The van der Waals surface area contributed by atoms with Gasteiger partial charge in [0.15, 0.2) is 6.39 Å². The molecule has 1 unspecified atom stereocenters. The fourth-order valence-corrected chi connectivity index (χ4v) is 1.90. The van der Waals surface area contributed by atoms with Crippen LogP contribution in [-0.4, -0.2) is 20.2 Å². The average Bonchev–Trinajstić information content (AvgIpc) is 3.18. The molecule has 0 amide bonds. The summed E-state index contributed by atoms with van der Waals surface area (Å²) in [6.45, 7) is 0. The van der Waals surface area contributed by atoms with Gasteiger partial charge in [-0.25, -0.2) is 9.37 Å². The molecule has 2 aromatic heterocycles. The lowest BCUT2D eigenvalue weighted by Gasteiger charge is -2.10.